The summed E-state index contributed by atoms with van der Waals surface area (Å²) in [6.45, 7) is 0. The van der Waals surface area contributed by atoms with Crippen LogP contribution >= 0.6 is 0 Å². The van der Waals surface area contributed by atoms with Crippen molar-refractivity contribution in [3.8, 4) is 44.9 Å². The average molecular weight is 651 g/mol. The van der Waals surface area contributed by atoms with Crippen LogP contribution in [0.15, 0.2) is 170 Å². The highest BCUT2D eigenvalue weighted by atomic mass is 15.0. The molecule has 0 atom stereocenters. The zero-order valence-corrected chi connectivity index (χ0v) is 27.7. The normalized spacial score (nSPS) is 12.2. The summed E-state index contributed by atoms with van der Waals surface area (Å²) in [7, 11) is 0. The Hall–Kier alpha value is -6.78. The van der Waals surface area contributed by atoms with Crippen molar-refractivity contribution >= 4 is 43.6 Å². The van der Waals surface area contributed by atoms with Gasteiger partial charge in [0.1, 0.15) is 0 Å². The number of hydrogen-bond donors (Lipinski definition) is 0. The Morgan fingerprint density at radius 3 is 1.47 bits per heavy atom. The SMILES string of the molecule is c1ccc(-n2c3ccccc3c3cc(-c4cnc5c(c4)Cc4ncc(-c6ccc7c(c6)c6ccccc6n7-c6ccccc6)cc4-5)ccc32)cc1. The maximum absolute atomic E-state index is 5.09. The van der Waals surface area contributed by atoms with Crippen molar-refractivity contribution in [3.63, 3.8) is 0 Å². The van der Waals surface area contributed by atoms with Crippen molar-refractivity contribution in [3.05, 3.63) is 181 Å². The number of para-hydroxylation sites is 4. The van der Waals surface area contributed by atoms with E-state index in [-0.39, 0.29) is 0 Å². The van der Waals surface area contributed by atoms with Gasteiger partial charge in [0.05, 0.1) is 33.5 Å². The summed E-state index contributed by atoms with van der Waals surface area (Å²) in [5, 5.41) is 4.97. The highest BCUT2D eigenvalue weighted by molar-refractivity contribution is 6.11. The molecule has 10 aromatic rings. The smallest absolute Gasteiger partial charge is 0.0757 e. The van der Waals surface area contributed by atoms with Gasteiger partial charge in [0.15, 0.2) is 0 Å². The molecular formula is C47H30N4. The number of rotatable bonds is 4. The van der Waals surface area contributed by atoms with E-state index in [0.29, 0.717) is 0 Å². The van der Waals surface area contributed by atoms with E-state index in [1.54, 1.807) is 0 Å². The zero-order chi connectivity index (χ0) is 33.5. The summed E-state index contributed by atoms with van der Waals surface area (Å²) in [5.41, 5.74) is 16.2. The second kappa shape index (κ2) is 10.9. The molecule has 51 heavy (non-hydrogen) atoms. The fourth-order valence-corrected chi connectivity index (χ4v) is 8.24. The van der Waals surface area contributed by atoms with Crippen LogP contribution in [-0.4, -0.2) is 19.1 Å². The molecule has 0 saturated carbocycles. The second-order valence-electron chi connectivity index (χ2n) is 13.5. The summed E-state index contributed by atoms with van der Waals surface area (Å²) < 4.78 is 4.71. The molecule has 0 aliphatic heterocycles. The van der Waals surface area contributed by atoms with E-state index in [2.05, 4.69) is 167 Å². The molecule has 0 bridgehead atoms. The number of nitrogens with zero attached hydrogens (tertiary/aromatic N) is 4. The monoisotopic (exact) mass is 650 g/mol. The quantitative estimate of drug-likeness (QED) is 0.190. The molecule has 4 aromatic heterocycles. The van der Waals surface area contributed by atoms with Crippen molar-refractivity contribution < 1.29 is 0 Å². The minimum absolute atomic E-state index is 0.783. The molecule has 238 valence electrons. The highest BCUT2D eigenvalue weighted by Gasteiger charge is 2.23. The third-order valence-corrected chi connectivity index (χ3v) is 10.6. The first-order valence-electron chi connectivity index (χ1n) is 17.4. The molecule has 1 aliphatic rings. The van der Waals surface area contributed by atoms with Crippen LogP contribution in [0.2, 0.25) is 0 Å². The number of pyridine rings is 2. The number of fused-ring (bicyclic) bond motifs is 9. The van der Waals surface area contributed by atoms with Gasteiger partial charge in [-0.15, -0.1) is 0 Å². The second-order valence-corrected chi connectivity index (χ2v) is 13.5. The van der Waals surface area contributed by atoms with Gasteiger partial charge in [-0.2, -0.15) is 0 Å². The lowest BCUT2D eigenvalue weighted by Crippen LogP contribution is -1.93. The lowest BCUT2D eigenvalue weighted by atomic mass is 10.0. The third kappa shape index (κ3) is 4.26. The number of aromatic nitrogens is 4. The van der Waals surface area contributed by atoms with Gasteiger partial charge >= 0.3 is 0 Å². The fraction of sp³-hybridized carbons (Fsp3) is 0.0213. The summed E-state index contributed by atoms with van der Waals surface area (Å²) in [6, 6.07) is 56.7. The highest BCUT2D eigenvalue weighted by Crippen LogP contribution is 2.41. The average Bonchev–Trinajstić information content (AvgIpc) is 3.85. The topological polar surface area (TPSA) is 35.6 Å². The Balaban J connectivity index is 0.979. The number of benzene rings is 6. The summed E-state index contributed by atoms with van der Waals surface area (Å²) in [4.78, 5) is 10.1. The van der Waals surface area contributed by atoms with Crippen molar-refractivity contribution in [2.45, 2.75) is 6.42 Å². The first-order valence-corrected chi connectivity index (χ1v) is 17.4. The van der Waals surface area contributed by atoms with Crippen LogP contribution < -0.4 is 0 Å². The summed E-state index contributed by atoms with van der Waals surface area (Å²) >= 11 is 0. The van der Waals surface area contributed by atoms with Crippen molar-refractivity contribution in [2.75, 3.05) is 0 Å². The predicted octanol–water partition coefficient (Wildman–Crippen LogP) is 11.6. The van der Waals surface area contributed by atoms with E-state index in [1.165, 1.54) is 60.4 Å². The molecular weight excluding hydrogens is 621 g/mol. The van der Waals surface area contributed by atoms with E-state index in [4.69, 9.17) is 9.97 Å². The Morgan fingerprint density at radius 2 is 0.882 bits per heavy atom. The Kier molecular flexibility index (Phi) is 5.98. The Morgan fingerprint density at radius 1 is 0.392 bits per heavy atom. The largest absolute Gasteiger partial charge is 0.309 e. The van der Waals surface area contributed by atoms with E-state index in [1.807, 2.05) is 12.4 Å². The van der Waals surface area contributed by atoms with Gasteiger partial charge in [0.2, 0.25) is 0 Å². The van der Waals surface area contributed by atoms with Gasteiger partial charge < -0.3 is 9.13 Å². The first kappa shape index (κ1) is 28.1. The maximum Gasteiger partial charge on any atom is 0.0757 e. The molecule has 1 aliphatic carbocycles. The minimum atomic E-state index is 0.783. The van der Waals surface area contributed by atoms with Gasteiger partial charge in [-0.05, 0) is 89.5 Å². The van der Waals surface area contributed by atoms with Gasteiger partial charge in [-0.1, -0.05) is 84.9 Å². The lowest BCUT2D eigenvalue weighted by molar-refractivity contribution is 1.12. The predicted molar refractivity (Wildman–Crippen MR) is 210 cm³/mol. The van der Waals surface area contributed by atoms with E-state index in [9.17, 15) is 0 Å². The molecule has 0 N–H and O–H groups in total. The van der Waals surface area contributed by atoms with Crippen LogP contribution in [0.3, 0.4) is 0 Å². The molecule has 4 heteroatoms. The minimum Gasteiger partial charge on any atom is -0.309 e. The first-order chi connectivity index (χ1) is 25.3. The standard InChI is InChI=1S/C47H30N4/c1-3-11-35(12-4-1)50-43-17-9-7-15-37(43)39-24-30(19-21-45(39)50)33-23-32-27-42-41(47(32)49-29-33)26-34(28-48-42)31-20-22-46-40(25-31)38-16-8-10-18-44(38)51(46)36-13-5-2-6-14-36/h1-26,28-29H,27H2. The zero-order valence-electron chi connectivity index (χ0n) is 27.7. The molecule has 6 aromatic carbocycles. The van der Waals surface area contributed by atoms with Crippen molar-refractivity contribution in [2.24, 2.45) is 0 Å². The Labute approximate surface area is 294 Å². The molecule has 0 fully saturated rings. The molecule has 0 amide bonds. The van der Waals surface area contributed by atoms with Gasteiger partial charge in [0, 0.05) is 68.4 Å². The molecule has 0 saturated heterocycles. The van der Waals surface area contributed by atoms with Gasteiger partial charge in [-0.3, -0.25) is 9.97 Å². The molecule has 4 heterocycles. The molecule has 11 rings (SSSR count). The van der Waals surface area contributed by atoms with Crippen LogP contribution in [0.25, 0.3) is 88.5 Å². The van der Waals surface area contributed by atoms with Crippen LogP contribution in [0.1, 0.15) is 11.3 Å². The van der Waals surface area contributed by atoms with Crippen molar-refractivity contribution in [1.29, 1.82) is 0 Å². The van der Waals surface area contributed by atoms with Crippen LogP contribution in [-0.2, 0) is 6.42 Å². The lowest BCUT2D eigenvalue weighted by Gasteiger charge is -2.09. The van der Waals surface area contributed by atoms with Crippen molar-refractivity contribution in [1.82, 2.24) is 19.1 Å². The molecule has 0 unspecified atom stereocenters. The maximum atomic E-state index is 5.09. The van der Waals surface area contributed by atoms with E-state index < -0.39 is 0 Å². The number of hydrogen-bond acceptors (Lipinski definition) is 2. The Bertz CT molecular complexity index is 2990. The van der Waals surface area contributed by atoms with Crippen LogP contribution in [0.4, 0.5) is 0 Å². The van der Waals surface area contributed by atoms with Crippen LogP contribution in [0.5, 0.6) is 0 Å². The van der Waals surface area contributed by atoms with Gasteiger partial charge in [-0.25, -0.2) is 0 Å². The summed E-state index contributed by atoms with van der Waals surface area (Å²) in [5.74, 6) is 0. The molecule has 0 radical (unpaired) electrons. The van der Waals surface area contributed by atoms with E-state index in [0.717, 1.165) is 45.7 Å². The molecule has 4 nitrogen and oxygen atoms in total. The molecule has 0 spiro atoms. The van der Waals surface area contributed by atoms with Gasteiger partial charge in [0.25, 0.3) is 0 Å². The van der Waals surface area contributed by atoms with E-state index >= 15 is 0 Å². The fourth-order valence-electron chi connectivity index (χ4n) is 8.24. The third-order valence-electron chi connectivity index (χ3n) is 10.6. The summed E-state index contributed by atoms with van der Waals surface area (Å²) in [6.07, 6.45) is 4.84. The van der Waals surface area contributed by atoms with Crippen LogP contribution in [0, 0.1) is 0 Å².